The van der Waals surface area contributed by atoms with E-state index in [1.165, 1.54) is 22.0 Å². The molecule has 0 fully saturated rings. The van der Waals surface area contributed by atoms with Gasteiger partial charge in [-0.2, -0.15) is 0 Å². The topological polar surface area (TPSA) is 73.4 Å². The van der Waals surface area contributed by atoms with Crippen molar-refractivity contribution in [3.05, 3.63) is 53.9 Å². The summed E-state index contributed by atoms with van der Waals surface area (Å²) in [6.45, 7) is 0. The van der Waals surface area contributed by atoms with E-state index in [1.807, 2.05) is 19.3 Å². The van der Waals surface area contributed by atoms with Crippen molar-refractivity contribution in [2.75, 3.05) is 5.32 Å². The molecule has 1 atom stereocenters. The first-order chi connectivity index (χ1) is 12.2. The Labute approximate surface area is 144 Å². The summed E-state index contributed by atoms with van der Waals surface area (Å²) in [5, 5.41) is 16.6. The van der Waals surface area contributed by atoms with Crippen molar-refractivity contribution in [3.8, 4) is 11.4 Å². The molecule has 4 aromatic rings. The summed E-state index contributed by atoms with van der Waals surface area (Å²) in [6, 6.07) is 10.7. The number of rotatable bonds is 2. The van der Waals surface area contributed by atoms with Crippen LogP contribution < -0.4 is 5.32 Å². The van der Waals surface area contributed by atoms with E-state index in [4.69, 9.17) is 0 Å². The lowest BCUT2D eigenvalue weighted by atomic mass is 10.0. The SMILES string of the molecule is Cn1nnnc1-c1ccc2c(c1)c(C1Cc3cccnc3N1)cn2C. The fourth-order valence-electron chi connectivity index (χ4n) is 3.67. The number of hydrogen-bond donors (Lipinski definition) is 1. The summed E-state index contributed by atoms with van der Waals surface area (Å²) in [5.74, 6) is 1.75. The lowest BCUT2D eigenvalue weighted by Gasteiger charge is -2.10. The first-order valence-electron chi connectivity index (χ1n) is 8.23. The zero-order valence-electron chi connectivity index (χ0n) is 14.0. The van der Waals surface area contributed by atoms with E-state index >= 15 is 0 Å². The molecule has 0 spiro atoms. The van der Waals surface area contributed by atoms with Crippen LogP contribution in [-0.2, 0) is 20.5 Å². The number of hydrogen-bond acceptors (Lipinski definition) is 5. The number of benzene rings is 1. The van der Waals surface area contributed by atoms with E-state index in [0.717, 1.165) is 23.6 Å². The minimum Gasteiger partial charge on any atom is -0.363 e. The molecule has 5 rings (SSSR count). The third kappa shape index (κ3) is 2.12. The highest BCUT2D eigenvalue weighted by Crippen LogP contribution is 2.37. The number of nitrogens with zero attached hydrogens (tertiary/aromatic N) is 6. The minimum absolute atomic E-state index is 0.224. The van der Waals surface area contributed by atoms with Gasteiger partial charge in [0.25, 0.3) is 0 Å². The van der Waals surface area contributed by atoms with Crippen LogP contribution >= 0.6 is 0 Å². The van der Waals surface area contributed by atoms with E-state index in [-0.39, 0.29) is 6.04 Å². The van der Waals surface area contributed by atoms with Gasteiger partial charge in [0.2, 0.25) is 0 Å². The van der Waals surface area contributed by atoms with Crippen molar-refractivity contribution in [3.63, 3.8) is 0 Å². The summed E-state index contributed by atoms with van der Waals surface area (Å²) in [4.78, 5) is 4.44. The maximum Gasteiger partial charge on any atom is 0.181 e. The Hall–Kier alpha value is -3.22. The van der Waals surface area contributed by atoms with E-state index < -0.39 is 0 Å². The van der Waals surface area contributed by atoms with Gasteiger partial charge in [-0.05, 0) is 40.3 Å². The number of fused-ring (bicyclic) bond motifs is 2. The molecule has 1 aromatic carbocycles. The number of aromatic nitrogens is 6. The van der Waals surface area contributed by atoms with Crippen LogP contribution in [0.15, 0.2) is 42.7 Å². The van der Waals surface area contributed by atoms with Crippen LogP contribution in [-0.4, -0.2) is 29.8 Å². The predicted octanol–water partition coefficient (Wildman–Crippen LogP) is 2.47. The molecule has 1 N–H and O–H groups in total. The second-order valence-corrected chi connectivity index (χ2v) is 6.47. The third-order valence-electron chi connectivity index (χ3n) is 4.90. The standard InChI is InChI=1S/C18H17N7/c1-24-10-14(15-9-11-4-3-7-19-17(11)20-15)13-8-12(5-6-16(13)24)18-21-22-23-25(18)2/h3-8,10,15H,9H2,1-2H3,(H,19,20). The highest BCUT2D eigenvalue weighted by Gasteiger charge is 2.25. The summed E-state index contributed by atoms with van der Waals surface area (Å²) in [5.41, 5.74) is 4.74. The molecule has 7 nitrogen and oxygen atoms in total. The quantitative estimate of drug-likeness (QED) is 0.611. The van der Waals surface area contributed by atoms with Crippen LogP contribution in [0, 0.1) is 0 Å². The molecule has 0 saturated carbocycles. The van der Waals surface area contributed by atoms with Crippen molar-refractivity contribution in [2.24, 2.45) is 14.1 Å². The van der Waals surface area contributed by atoms with E-state index in [9.17, 15) is 0 Å². The molecular weight excluding hydrogens is 314 g/mol. The van der Waals surface area contributed by atoms with Gasteiger partial charge < -0.3 is 9.88 Å². The number of anilines is 1. The predicted molar refractivity (Wildman–Crippen MR) is 95.0 cm³/mol. The molecule has 0 aliphatic carbocycles. The smallest absolute Gasteiger partial charge is 0.181 e. The Morgan fingerprint density at radius 1 is 1.20 bits per heavy atom. The number of tetrazole rings is 1. The highest BCUT2D eigenvalue weighted by atomic mass is 15.5. The number of nitrogens with one attached hydrogen (secondary N) is 1. The van der Waals surface area contributed by atoms with Gasteiger partial charge in [0.05, 0.1) is 6.04 Å². The Morgan fingerprint density at radius 3 is 2.92 bits per heavy atom. The summed E-state index contributed by atoms with van der Waals surface area (Å²) >= 11 is 0. The summed E-state index contributed by atoms with van der Waals surface area (Å²) < 4.78 is 3.86. The minimum atomic E-state index is 0.224. The maximum absolute atomic E-state index is 4.44. The zero-order chi connectivity index (χ0) is 17.0. The molecule has 1 unspecified atom stereocenters. The van der Waals surface area contributed by atoms with E-state index in [2.05, 4.69) is 67.9 Å². The average molecular weight is 331 g/mol. The number of aryl methyl sites for hydroxylation is 2. The lowest BCUT2D eigenvalue weighted by Crippen LogP contribution is -2.05. The monoisotopic (exact) mass is 331 g/mol. The molecule has 25 heavy (non-hydrogen) atoms. The highest BCUT2D eigenvalue weighted by molar-refractivity contribution is 5.88. The Morgan fingerprint density at radius 2 is 2.12 bits per heavy atom. The first-order valence-corrected chi connectivity index (χ1v) is 8.23. The molecule has 3 aromatic heterocycles. The van der Waals surface area contributed by atoms with Crippen molar-refractivity contribution in [2.45, 2.75) is 12.5 Å². The Balaban J connectivity index is 1.63. The fourth-order valence-corrected chi connectivity index (χ4v) is 3.67. The van der Waals surface area contributed by atoms with Crippen LogP contribution in [0.2, 0.25) is 0 Å². The van der Waals surface area contributed by atoms with Crippen molar-refractivity contribution in [1.82, 2.24) is 29.8 Å². The van der Waals surface area contributed by atoms with E-state index in [0.29, 0.717) is 0 Å². The van der Waals surface area contributed by atoms with Gasteiger partial charge in [-0.3, -0.25) is 0 Å². The van der Waals surface area contributed by atoms with Gasteiger partial charge in [0, 0.05) is 54.9 Å². The van der Waals surface area contributed by atoms with E-state index in [1.54, 1.807) is 4.68 Å². The molecule has 4 heterocycles. The molecule has 124 valence electrons. The normalized spacial score (nSPS) is 16.2. The van der Waals surface area contributed by atoms with Gasteiger partial charge in [-0.15, -0.1) is 5.10 Å². The second-order valence-electron chi connectivity index (χ2n) is 6.47. The van der Waals surface area contributed by atoms with Crippen LogP contribution in [0.3, 0.4) is 0 Å². The summed E-state index contributed by atoms with van der Waals surface area (Å²) in [7, 11) is 3.93. The molecule has 1 aliphatic heterocycles. The van der Waals surface area contributed by atoms with Crippen LogP contribution in [0.4, 0.5) is 5.82 Å². The lowest BCUT2D eigenvalue weighted by molar-refractivity contribution is 0.715. The average Bonchev–Trinajstić information content (AvgIpc) is 3.31. The second kappa shape index (κ2) is 5.14. The zero-order valence-corrected chi connectivity index (χ0v) is 14.0. The van der Waals surface area contributed by atoms with Crippen LogP contribution in [0.1, 0.15) is 17.2 Å². The van der Waals surface area contributed by atoms with Crippen molar-refractivity contribution < 1.29 is 0 Å². The Kier molecular flexibility index (Phi) is 2.91. The largest absolute Gasteiger partial charge is 0.363 e. The van der Waals surface area contributed by atoms with Crippen LogP contribution in [0.25, 0.3) is 22.3 Å². The van der Waals surface area contributed by atoms with Crippen molar-refractivity contribution >= 4 is 16.7 Å². The van der Waals surface area contributed by atoms with Gasteiger partial charge in [-0.25, -0.2) is 9.67 Å². The molecule has 0 bridgehead atoms. The molecule has 7 heteroatoms. The van der Waals surface area contributed by atoms with Gasteiger partial charge in [0.1, 0.15) is 5.82 Å². The molecule has 1 aliphatic rings. The maximum atomic E-state index is 4.44. The molecule has 0 amide bonds. The third-order valence-corrected chi connectivity index (χ3v) is 4.90. The number of pyridine rings is 1. The first kappa shape index (κ1) is 14.2. The van der Waals surface area contributed by atoms with Gasteiger partial charge >= 0.3 is 0 Å². The Bertz CT molecular complexity index is 1070. The molecular formula is C18H17N7. The molecule has 0 saturated heterocycles. The van der Waals surface area contributed by atoms with Crippen LogP contribution in [0.5, 0.6) is 0 Å². The van der Waals surface area contributed by atoms with Gasteiger partial charge in [0.15, 0.2) is 5.82 Å². The van der Waals surface area contributed by atoms with Crippen molar-refractivity contribution in [1.29, 1.82) is 0 Å². The van der Waals surface area contributed by atoms with Gasteiger partial charge in [-0.1, -0.05) is 6.07 Å². The fraction of sp³-hybridized carbons (Fsp3) is 0.222. The molecule has 0 radical (unpaired) electrons. The summed E-state index contributed by atoms with van der Waals surface area (Å²) in [6.07, 6.45) is 4.97.